The molecule has 1 N–H and O–H groups in total. The van der Waals surface area contributed by atoms with E-state index >= 15 is 0 Å². The number of halogens is 2. The summed E-state index contributed by atoms with van der Waals surface area (Å²) >= 11 is 14.1. The van der Waals surface area contributed by atoms with Crippen LogP contribution in [0.3, 0.4) is 0 Å². The number of hydrogen-bond donors (Lipinski definition) is 1. The quantitative estimate of drug-likeness (QED) is 0.872. The Labute approximate surface area is 127 Å². The highest BCUT2D eigenvalue weighted by Gasteiger charge is 2.19. The number of benzene rings is 1. The Balaban J connectivity index is 2.29. The molecule has 0 aliphatic carbocycles. The van der Waals surface area contributed by atoms with E-state index in [-0.39, 0.29) is 6.04 Å². The molecule has 1 atom stereocenters. The van der Waals surface area contributed by atoms with Crippen molar-refractivity contribution < 1.29 is 4.74 Å². The smallest absolute Gasteiger partial charge is 0.134 e. The van der Waals surface area contributed by atoms with Crippen LogP contribution in [0.4, 0.5) is 0 Å². The number of nitrogens with one attached hydrogen (secondary N) is 1. The Kier molecular flexibility index (Phi) is 5.11. The van der Waals surface area contributed by atoms with Crippen molar-refractivity contribution in [1.82, 2.24) is 5.32 Å². The SMILES string of the molecule is CNC(Cc1c(Cl)cccc1Cl)c1sccc1OC. The number of thiophene rings is 1. The number of rotatable bonds is 5. The highest BCUT2D eigenvalue weighted by atomic mass is 35.5. The van der Waals surface area contributed by atoms with Crippen molar-refractivity contribution >= 4 is 34.5 Å². The summed E-state index contributed by atoms with van der Waals surface area (Å²) in [5.74, 6) is 0.896. The zero-order chi connectivity index (χ0) is 13.8. The maximum atomic E-state index is 6.23. The van der Waals surface area contributed by atoms with Crippen molar-refractivity contribution in [1.29, 1.82) is 0 Å². The van der Waals surface area contributed by atoms with E-state index in [1.54, 1.807) is 18.4 Å². The molecule has 2 rings (SSSR count). The summed E-state index contributed by atoms with van der Waals surface area (Å²) in [5, 5.41) is 6.71. The van der Waals surface area contributed by atoms with Crippen LogP contribution in [0.1, 0.15) is 16.5 Å². The van der Waals surface area contributed by atoms with Crippen LogP contribution in [0.5, 0.6) is 5.75 Å². The molecule has 0 bridgehead atoms. The van der Waals surface area contributed by atoms with E-state index in [1.807, 2.05) is 36.7 Å². The summed E-state index contributed by atoms with van der Waals surface area (Å²) in [6.45, 7) is 0. The molecule has 19 heavy (non-hydrogen) atoms. The van der Waals surface area contributed by atoms with Crippen LogP contribution in [0.15, 0.2) is 29.6 Å². The second-order valence-corrected chi connectivity index (χ2v) is 5.86. The van der Waals surface area contributed by atoms with Gasteiger partial charge in [-0.15, -0.1) is 11.3 Å². The molecule has 0 amide bonds. The summed E-state index contributed by atoms with van der Waals surface area (Å²) in [4.78, 5) is 1.15. The molecule has 2 nitrogen and oxygen atoms in total. The summed E-state index contributed by atoms with van der Waals surface area (Å²) in [7, 11) is 3.61. The molecule has 1 heterocycles. The van der Waals surface area contributed by atoms with Gasteiger partial charge in [0.05, 0.1) is 12.0 Å². The third kappa shape index (κ3) is 3.23. The van der Waals surface area contributed by atoms with Gasteiger partial charge in [-0.3, -0.25) is 0 Å². The molecule has 0 aliphatic rings. The monoisotopic (exact) mass is 315 g/mol. The van der Waals surface area contributed by atoms with E-state index in [0.29, 0.717) is 10.0 Å². The Morgan fingerprint density at radius 2 is 1.95 bits per heavy atom. The molecule has 0 saturated heterocycles. The van der Waals surface area contributed by atoms with Crippen LogP contribution in [-0.4, -0.2) is 14.2 Å². The highest BCUT2D eigenvalue weighted by Crippen LogP contribution is 2.35. The Bertz CT molecular complexity index is 536. The molecule has 0 spiro atoms. The van der Waals surface area contributed by atoms with Crippen LogP contribution >= 0.6 is 34.5 Å². The minimum Gasteiger partial charge on any atom is -0.496 e. The van der Waals surface area contributed by atoms with E-state index in [2.05, 4.69) is 5.32 Å². The molecular weight excluding hydrogens is 301 g/mol. The lowest BCUT2D eigenvalue weighted by Gasteiger charge is -2.18. The van der Waals surface area contributed by atoms with E-state index in [9.17, 15) is 0 Å². The lowest BCUT2D eigenvalue weighted by atomic mass is 10.0. The highest BCUT2D eigenvalue weighted by molar-refractivity contribution is 7.10. The molecule has 0 fully saturated rings. The van der Waals surface area contributed by atoms with Crippen LogP contribution in [-0.2, 0) is 6.42 Å². The molecule has 1 aromatic heterocycles. The fourth-order valence-electron chi connectivity index (χ4n) is 1.99. The van der Waals surface area contributed by atoms with E-state index in [0.717, 1.165) is 22.6 Å². The number of methoxy groups -OCH3 is 1. The molecule has 0 aliphatic heterocycles. The van der Waals surface area contributed by atoms with Gasteiger partial charge in [0.25, 0.3) is 0 Å². The fourth-order valence-corrected chi connectivity index (χ4v) is 3.51. The average molecular weight is 316 g/mol. The third-order valence-electron chi connectivity index (χ3n) is 3.01. The van der Waals surface area contributed by atoms with Crippen molar-refractivity contribution in [3.63, 3.8) is 0 Å². The average Bonchev–Trinajstić information content (AvgIpc) is 2.87. The number of ether oxygens (including phenoxy) is 1. The summed E-state index contributed by atoms with van der Waals surface area (Å²) in [6.07, 6.45) is 0.728. The minimum atomic E-state index is 0.132. The largest absolute Gasteiger partial charge is 0.496 e. The first-order valence-corrected chi connectivity index (χ1v) is 7.52. The van der Waals surface area contributed by atoms with Crippen molar-refractivity contribution in [2.45, 2.75) is 12.5 Å². The summed E-state index contributed by atoms with van der Waals surface area (Å²) in [6, 6.07) is 7.68. The maximum Gasteiger partial charge on any atom is 0.134 e. The first-order valence-electron chi connectivity index (χ1n) is 5.89. The first kappa shape index (κ1) is 14.7. The molecule has 1 unspecified atom stereocenters. The number of hydrogen-bond acceptors (Lipinski definition) is 3. The summed E-state index contributed by atoms with van der Waals surface area (Å²) in [5.41, 5.74) is 0.959. The first-order chi connectivity index (χ1) is 9.17. The molecule has 5 heteroatoms. The third-order valence-corrected chi connectivity index (χ3v) is 4.73. The van der Waals surface area contributed by atoms with Crippen molar-refractivity contribution in [3.8, 4) is 5.75 Å². The Morgan fingerprint density at radius 3 is 2.53 bits per heavy atom. The van der Waals surface area contributed by atoms with Gasteiger partial charge in [0.2, 0.25) is 0 Å². The Hall–Kier alpha value is -0.740. The zero-order valence-corrected chi connectivity index (χ0v) is 13.1. The lowest BCUT2D eigenvalue weighted by molar-refractivity contribution is 0.405. The van der Waals surface area contributed by atoms with Crippen molar-refractivity contribution in [2.75, 3.05) is 14.2 Å². The second kappa shape index (κ2) is 6.62. The van der Waals surface area contributed by atoms with Gasteiger partial charge in [0.1, 0.15) is 5.75 Å². The number of likely N-dealkylation sites (N-methyl/N-ethyl adjacent to an activating group) is 1. The topological polar surface area (TPSA) is 21.3 Å². The van der Waals surface area contributed by atoms with Crippen LogP contribution < -0.4 is 10.1 Å². The van der Waals surface area contributed by atoms with Gasteiger partial charge in [-0.05, 0) is 42.6 Å². The van der Waals surface area contributed by atoms with Crippen LogP contribution in [0, 0.1) is 0 Å². The normalized spacial score (nSPS) is 12.4. The predicted octanol–water partition coefficient (Wildman–Crippen LogP) is 4.57. The van der Waals surface area contributed by atoms with Gasteiger partial charge in [-0.1, -0.05) is 29.3 Å². The maximum absolute atomic E-state index is 6.23. The lowest BCUT2D eigenvalue weighted by Crippen LogP contribution is -2.18. The van der Waals surface area contributed by atoms with E-state index < -0.39 is 0 Å². The van der Waals surface area contributed by atoms with Crippen molar-refractivity contribution in [3.05, 3.63) is 50.1 Å². The van der Waals surface area contributed by atoms with Gasteiger partial charge in [-0.2, -0.15) is 0 Å². The molecule has 0 radical (unpaired) electrons. The van der Waals surface area contributed by atoms with E-state index in [4.69, 9.17) is 27.9 Å². The van der Waals surface area contributed by atoms with E-state index in [1.165, 1.54) is 0 Å². The van der Waals surface area contributed by atoms with Gasteiger partial charge >= 0.3 is 0 Å². The molecule has 102 valence electrons. The van der Waals surface area contributed by atoms with Gasteiger partial charge in [0, 0.05) is 16.1 Å². The zero-order valence-electron chi connectivity index (χ0n) is 10.7. The standard InChI is InChI=1S/C14H15Cl2NOS/c1-17-12(14-13(18-2)6-7-19-14)8-9-10(15)4-3-5-11(9)16/h3-7,12,17H,8H2,1-2H3. The van der Waals surface area contributed by atoms with Gasteiger partial charge in [-0.25, -0.2) is 0 Å². The fraction of sp³-hybridized carbons (Fsp3) is 0.286. The second-order valence-electron chi connectivity index (χ2n) is 4.10. The van der Waals surface area contributed by atoms with Crippen LogP contribution in [0.2, 0.25) is 10.0 Å². The minimum absolute atomic E-state index is 0.132. The molecule has 1 aromatic carbocycles. The van der Waals surface area contributed by atoms with Crippen molar-refractivity contribution in [2.24, 2.45) is 0 Å². The predicted molar refractivity (Wildman–Crippen MR) is 82.8 cm³/mol. The molecular formula is C14H15Cl2NOS. The van der Waals surface area contributed by atoms with Gasteiger partial charge < -0.3 is 10.1 Å². The Morgan fingerprint density at radius 1 is 1.26 bits per heavy atom. The molecule has 0 saturated carbocycles. The van der Waals surface area contributed by atoms with Gasteiger partial charge in [0.15, 0.2) is 0 Å². The summed E-state index contributed by atoms with van der Waals surface area (Å²) < 4.78 is 5.37. The molecule has 2 aromatic rings. The van der Waals surface area contributed by atoms with Crippen LogP contribution in [0.25, 0.3) is 0 Å².